The molecule has 7 nitrogen and oxygen atoms in total. The minimum absolute atomic E-state index is 0.0853. The molecule has 3 rings (SSSR count). The lowest BCUT2D eigenvalue weighted by atomic mass is 10.2. The smallest absolute Gasteiger partial charge is 0.291 e. The van der Waals surface area contributed by atoms with Crippen molar-refractivity contribution in [3.63, 3.8) is 0 Å². The first-order chi connectivity index (χ1) is 14.8. The van der Waals surface area contributed by atoms with E-state index in [0.29, 0.717) is 22.8 Å². The Hall–Kier alpha value is -3.43. The molecule has 2 aromatic carbocycles. The summed E-state index contributed by atoms with van der Waals surface area (Å²) < 4.78 is 50.1. The standard InChI is InChI=1S/C22H21FN2O5S/c1-2-13-24-31(27,28)15-16-3-7-18(8-4-16)25-22(26)21-12-11-20(30-21)14-29-19-9-5-17(23)6-10-19/h2-12,24H,1,13-15H2,(H,25,26). The normalized spacial score (nSPS) is 11.1. The lowest BCUT2D eigenvalue weighted by Gasteiger charge is -2.07. The van der Waals surface area contributed by atoms with E-state index in [1.165, 1.54) is 36.4 Å². The monoisotopic (exact) mass is 444 g/mol. The number of carbonyl (C=O) groups is 1. The first-order valence-electron chi connectivity index (χ1n) is 9.30. The second-order valence-corrected chi connectivity index (χ2v) is 8.36. The van der Waals surface area contributed by atoms with Crippen molar-refractivity contribution in [2.75, 3.05) is 11.9 Å². The molecule has 3 aromatic rings. The molecule has 0 saturated heterocycles. The number of benzene rings is 2. The maximum atomic E-state index is 12.9. The van der Waals surface area contributed by atoms with Gasteiger partial charge in [-0.1, -0.05) is 18.2 Å². The highest BCUT2D eigenvalue weighted by Crippen LogP contribution is 2.17. The molecule has 0 spiro atoms. The van der Waals surface area contributed by atoms with Gasteiger partial charge in [0.25, 0.3) is 5.91 Å². The zero-order chi connectivity index (χ0) is 22.3. The van der Waals surface area contributed by atoms with E-state index in [1.54, 1.807) is 30.3 Å². The molecule has 0 aliphatic rings. The topological polar surface area (TPSA) is 97.6 Å². The van der Waals surface area contributed by atoms with Gasteiger partial charge < -0.3 is 14.5 Å². The molecule has 1 heterocycles. The fraction of sp³-hybridized carbons (Fsp3) is 0.136. The molecule has 162 valence electrons. The Morgan fingerprint density at radius 3 is 2.45 bits per heavy atom. The first-order valence-corrected chi connectivity index (χ1v) is 11.0. The van der Waals surface area contributed by atoms with Crippen LogP contribution in [0.5, 0.6) is 5.75 Å². The molecule has 0 fully saturated rings. The van der Waals surface area contributed by atoms with Crippen LogP contribution in [0.2, 0.25) is 0 Å². The molecule has 0 radical (unpaired) electrons. The van der Waals surface area contributed by atoms with Crippen molar-refractivity contribution in [1.29, 1.82) is 0 Å². The third kappa shape index (κ3) is 6.80. The Balaban J connectivity index is 1.54. The lowest BCUT2D eigenvalue weighted by molar-refractivity contribution is 0.0992. The number of rotatable bonds is 10. The molecule has 31 heavy (non-hydrogen) atoms. The molecular weight excluding hydrogens is 423 g/mol. The summed E-state index contributed by atoms with van der Waals surface area (Å²) >= 11 is 0. The predicted molar refractivity (Wildman–Crippen MR) is 115 cm³/mol. The van der Waals surface area contributed by atoms with Gasteiger partial charge in [-0.15, -0.1) is 6.58 Å². The number of ether oxygens (including phenoxy) is 1. The summed E-state index contributed by atoms with van der Waals surface area (Å²) in [5.74, 6) is 0.0139. The highest BCUT2D eigenvalue weighted by Gasteiger charge is 2.13. The molecule has 0 atom stereocenters. The maximum absolute atomic E-state index is 12.9. The number of halogens is 1. The minimum atomic E-state index is -3.45. The van der Waals surface area contributed by atoms with Gasteiger partial charge in [0.1, 0.15) is 23.9 Å². The summed E-state index contributed by atoms with van der Waals surface area (Å²) in [5, 5.41) is 2.68. The van der Waals surface area contributed by atoms with Crippen LogP contribution in [0.25, 0.3) is 0 Å². The summed E-state index contributed by atoms with van der Waals surface area (Å²) in [4.78, 5) is 12.4. The Bertz CT molecular complexity index is 1140. The molecule has 0 aliphatic heterocycles. The van der Waals surface area contributed by atoms with Gasteiger partial charge >= 0.3 is 0 Å². The average molecular weight is 444 g/mol. The Morgan fingerprint density at radius 1 is 1.06 bits per heavy atom. The van der Waals surface area contributed by atoms with Crippen LogP contribution in [0.3, 0.4) is 0 Å². The largest absolute Gasteiger partial charge is 0.486 e. The SMILES string of the molecule is C=CCNS(=O)(=O)Cc1ccc(NC(=O)c2ccc(COc3ccc(F)cc3)o2)cc1. The number of hydrogen-bond donors (Lipinski definition) is 2. The Kier molecular flexibility index (Phi) is 7.22. The van der Waals surface area contributed by atoms with Crippen molar-refractivity contribution in [3.8, 4) is 5.75 Å². The number of nitrogens with one attached hydrogen (secondary N) is 2. The van der Waals surface area contributed by atoms with Gasteiger partial charge in [-0.25, -0.2) is 17.5 Å². The Morgan fingerprint density at radius 2 is 1.77 bits per heavy atom. The van der Waals surface area contributed by atoms with Crippen LogP contribution in [-0.4, -0.2) is 20.9 Å². The Labute approximate surface area is 179 Å². The summed E-state index contributed by atoms with van der Waals surface area (Å²) in [6.45, 7) is 3.72. The van der Waals surface area contributed by atoms with Crippen LogP contribution in [-0.2, 0) is 22.4 Å². The van der Waals surface area contributed by atoms with Crippen LogP contribution in [0.15, 0.2) is 77.7 Å². The number of hydrogen-bond acceptors (Lipinski definition) is 5. The third-order valence-electron chi connectivity index (χ3n) is 4.10. The molecule has 0 unspecified atom stereocenters. The molecule has 0 saturated carbocycles. The minimum Gasteiger partial charge on any atom is -0.486 e. The van der Waals surface area contributed by atoms with Crippen LogP contribution in [0.4, 0.5) is 10.1 Å². The van der Waals surface area contributed by atoms with Gasteiger partial charge in [-0.05, 0) is 54.1 Å². The zero-order valence-corrected chi connectivity index (χ0v) is 17.3. The highest BCUT2D eigenvalue weighted by molar-refractivity contribution is 7.88. The quantitative estimate of drug-likeness (QED) is 0.463. The maximum Gasteiger partial charge on any atom is 0.291 e. The van der Waals surface area contributed by atoms with Crippen LogP contribution in [0.1, 0.15) is 21.9 Å². The summed E-state index contributed by atoms with van der Waals surface area (Å²) in [6, 6.07) is 15.2. The van der Waals surface area contributed by atoms with Gasteiger partial charge in [0, 0.05) is 12.2 Å². The molecular formula is C22H21FN2O5S. The van der Waals surface area contributed by atoms with Crippen molar-refractivity contribution in [2.45, 2.75) is 12.4 Å². The van der Waals surface area contributed by atoms with Crippen molar-refractivity contribution >= 4 is 21.6 Å². The number of furan rings is 1. The van der Waals surface area contributed by atoms with E-state index in [2.05, 4.69) is 16.6 Å². The first kappa shape index (κ1) is 22.3. The third-order valence-corrected chi connectivity index (χ3v) is 5.42. The van der Waals surface area contributed by atoms with Gasteiger partial charge in [0.15, 0.2) is 5.76 Å². The number of anilines is 1. The van der Waals surface area contributed by atoms with Crippen LogP contribution < -0.4 is 14.8 Å². The molecule has 1 aromatic heterocycles. The van der Waals surface area contributed by atoms with E-state index in [4.69, 9.17) is 9.15 Å². The lowest BCUT2D eigenvalue weighted by Crippen LogP contribution is -2.25. The zero-order valence-electron chi connectivity index (χ0n) is 16.5. The fourth-order valence-corrected chi connectivity index (χ4v) is 3.70. The molecule has 2 N–H and O–H groups in total. The van der Waals surface area contributed by atoms with E-state index in [0.717, 1.165) is 0 Å². The second-order valence-electron chi connectivity index (χ2n) is 6.56. The number of carbonyl (C=O) groups excluding carboxylic acids is 1. The molecule has 0 aliphatic carbocycles. The van der Waals surface area contributed by atoms with Crippen molar-refractivity contribution < 1.29 is 26.8 Å². The summed E-state index contributed by atoms with van der Waals surface area (Å²) in [7, 11) is -3.45. The van der Waals surface area contributed by atoms with E-state index >= 15 is 0 Å². The van der Waals surface area contributed by atoms with E-state index in [-0.39, 0.29) is 30.5 Å². The van der Waals surface area contributed by atoms with Gasteiger partial charge in [-0.3, -0.25) is 4.79 Å². The molecule has 1 amide bonds. The molecule has 9 heteroatoms. The fourth-order valence-electron chi connectivity index (χ4n) is 2.60. The second kappa shape index (κ2) is 10.1. The number of sulfonamides is 1. The van der Waals surface area contributed by atoms with Crippen LogP contribution in [0, 0.1) is 5.82 Å². The highest BCUT2D eigenvalue weighted by atomic mass is 32.2. The van der Waals surface area contributed by atoms with Crippen molar-refractivity contribution in [3.05, 3.63) is 96.2 Å². The van der Waals surface area contributed by atoms with E-state index in [1.807, 2.05) is 0 Å². The average Bonchev–Trinajstić information content (AvgIpc) is 3.22. The van der Waals surface area contributed by atoms with E-state index in [9.17, 15) is 17.6 Å². The van der Waals surface area contributed by atoms with Crippen molar-refractivity contribution in [1.82, 2.24) is 4.72 Å². The van der Waals surface area contributed by atoms with Gasteiger partial charge in [0.05, 0.1) is 5.75 Å². The molecule has 0 bridgehead atoms. The van der Waals surface area contributed by atoms with E-state index < -0.39 is 15.9 Å². The van der Waals surface area contributed by atoms with Crippen molar-refractivity contribution in [2.24, 2.45) is 0 Å². The van der Waals surface area contributed by atoms with Crippen LogP contribution >= 0.6 is 0 Å². The summed E-state index contributed by atoms with van der Waals surface area (Å²) in [5.41, 5.74) is 1.07. The number of amides is 1. The summed E-state index contributed by atoms with van der Waals surface area (Å²) in [6.07, 6.45) is 1.46. The van der Waals surface area contributed by atoms with Gasteiger partial charge in [0.2, 0.25) is 10.0 Å². The predicted octanol–water partition coefficient (Wildman–Crippen LogP) is 3.86. The van der Waals surface area contributed by atoms with Gasteiger partial charge in [-0.2, -0.15) is 0 Å².